The third-order valence-electron chi connectivity index (χ3n) is 6.06. The fourth-order valence-electron chi connectivity index (χ4n) is 4.78. The van der Waals surface area contributed by atoms with E-state index in [0.29, 0.717) is 0 Å². The number of halogens is 1. The minimum atomic E-state index is -0.0708. The number of hydrogen-bond donors (Lipinski definition) is 1. The van der Waals surface area contributed by atoms with Gasteiger partial charge < -0.3 is 4.98 Å². The zero-order valence-electron chi connectivity index (χ0n) is 14.1. The van der Waals surface area contributed by atoms with Crippen LogP contribution in [0.25, 0.3) is 10.9 Å². The van der Waals surface area contributed by atoms with E-state index >= 15 is 0 Å². The highest BCUT2D eigenvalue weighted by atomic mass is 35.5. The molecule has 0 saturated heterocycles. The van der Waals surface area contributed by atoms with Crippen LogP contribution in [-0.4, -0.2) is 23.0 Å². The van der Waals surface area contributed by atoms with E-state index in [1.54, 1.807) is 0 Å². The Hall–Kier alpha value is -1.77. The molecule has 3 heterocycles. The van der Waals surface area contributed by atoms with Gasteiger partial charge in [-0.25, -0.2) is 0 Å². The first-order valence-corrected chi connectivity index (χ1v) is 9.11. The smallest absolute Gasteiger partial charge is 0.0844 e. The van der Waals surface area contributed by atoms with E-state index < -0.39 is 0 Å². The molecule has 0 amide bonds. The third kappa shape index (κ3) is 1.81. The Morgan fingerprint density at radius 2 is 1.92 bits per heavy atom. The van der Waals surface area contributed by atoms with Crippen molar-refractivity contribution in [2.24, 2.45) is 0 Å². The number of fused-ring (bicyclic) bond motifs is 7. The summed E-state index contributed by atoms with van der Waals surface area (Å²) in [5.41, 5.74) is 8.23. The number of rotatable bonds is 0. The van der Waals surface area contributed by atoms with Crippen LogP contribution in [0, 0.1) is 6.92 Å². The van der Waals surface area contributed by atoms with Gasteiger partial charge in [-0.2, -0.15) is 0 Å². The number of benzene rings is 2. The van der Waals surface area contributed by atoms with Crippen molar-refractivity contribution in [2.75, 3.05) is 13.1 Å². The van der Waals surface area contributed by atoms with Crippen LogP contribution in [0.5, 0.6) is 0 Å². The number of nitrogens with one attached hydrogen (secondary N) is 1. The van der Waals surface area contributed by atoms with Crippen LogP contribution in [-0.2, 0) is 18.4 Å². The van der Waals surface area contributed by atoms with Gasteiger partial charge in [0.05, 0.1) is 5.54 Å². The van der Waals surface area contributed by atoms with Gasteiger partial charge in [-0.15, -0.1) is 0 Å². The first-order valence-electron chi connectivity index (χ1n) is 8.73. The van der Waals surface area contributed by atoms with E-state index in [9.17, 15) is 0 Å². The van der Waals surface area contributed by atoms with Gasteiger partial charge in [-0.05, 0) is 61.6 Å². The Morgan fingerprint density at radius 1 is 1.08 bits per heavy atom. The fraction of sp³-hybridized carbons (Fsp3) is 0.333. The quantitative estimate of drug-likeness (QED) is 0.624. The van der Waals surface area contributed by atoms with Gasteiger partial charge in [0.25, 0.3) is 0 Å². The Labute approximate surface area is 147 Å². The van der Waals surface area contributed by atoms with Gasteiger partial charge in [-0.1, -0.05) is 35.4 Å². The summed E-state index contributed by atoms with van der Waals surface area (Å²) in [7, 11) is 0. The molecule has 2 aliphatic heterocycles. The molecule has 1 N–H and O–H groups in total. The van der Waals surface area contributed by atoms with Crippen LogP contribution in [0.2, 0.25) is 5.02 Å². The summed E-state index contributed by atoms with van der Waals surface area (Å²) < 4.78 is 0. The Bertz CT molecular complexity index is 971. The maximum Gasteiger partial charge on any atom is 0.0844 e. The minimum Gasteiger partial charge on any atom is -0.356 e. The third-order valence-corrected chi connectivity index (χ3v) is 6.30. The molecule has 3 aromatic rings. The Kier molecular flexibility index (Phi) is 2.96. The summed E-state index contributed by atoms with van der Waals surface area (Å²) in [6.07, 6.45) is 2.24. The predicted molar refractivity (Wildman–Crippen MR) is 99.9 cm³/mol. The zero-order chi connectivity index (χ0) is 16.5. The minimum absolute atomic E-state index is 0.0708. The molecule has 2 aromatic carbocycles. The molecule has 24 heavy (non-hydrogen) atoms. The molecule has 1 unspecified atom stereocenters. The normalized spacial score (nSPS) is 23.0. The number of hydrogen-bond acceptors (Lipinski definition) is 1. The highest BCUT2D eigenvalue weighted by Crippen LogP contribution is 2.46. The fourth-order valence-corrected chi connectivity index (χ4v) is 4.95. The number of nitrogens with zero attached hydrogens (tertiary/aromatic N) is 1. The van der Waals surface area contributed by atoms with Crippen LogP contribution in [0.3, 0.4) is 0 Å². The number of aromatic amines is 1. The van der Waals surface area contributed by atoms with Crippen molar-refractivity contribution in [2.45, 2.75) is 32.2 Å². The summed E-state index contributed by atoms with van der Waals surface area (Å²) in [6.45, 7) is 6.81. The van der Waals surface area contributed by atoms with Gasteiger partial charge in [0.1, 0.15) is 0 Å². The first-order chi connectivity index (χ1) is 11.6. The molecule has 122 valence electrons. The molecule has 0 aliphatic carbocycles. The van der Waals surface area contributed by atoms with E-state index in [1.807, 2.05) is 6.07 Å². The van der Waals surface area contributed by atoms with Crippen molar-refractivity contribution >= 4 is 22.5 Å². The van der Waals surface area contributed by atoms with Crippen molar-refractivity contribution < 1.29 is 0 Å². The molecule has 2 nitrogen and oxygen atoms in total. The maximum absolute atomic E-state index is 6.27. The standard InChI is InChI=1S/C21H21ClN2/c1-13-3-4-14-7-9-24-10-8-16-17-12-15(22)5-6-19(17)23-20(16)21(24,2)18(14)11-13/h3-6,11-12,23H,7-10H2,1-2H3. The van der Waals surface area contributed by atoms with Crippen LogP contribution >= 0.6 is 11.6 Å². The predicted octanol–water partition coefficient (Wildman–Crippen LogP) is 4.81. The zero-order valence-corrected chi connectivity index (χ0v) is 14.9. The second-order valence-electron chi connectivity index (χ2n) is 7.39. The van der Waals surface area contributed by atoms with Crippen molar-refractivity contribution in [3.05, 3.63) is 69.4 Å². The molecule has 0 fully saturated rings. The van der Waals surface area contributed by atoms with E-state index in [0.717, 1.165) is 31.0 Å². The SMILES string of the molecule is Cc1ccc2c(c1)C1(C)c3[nH]c4ccc(Cl)cc4c3CCN1CC2. The summed E-state index contributed by atoms with van der Waals surface area (Å²) in [6, 6.07) is 13.2. The second-order valence-corrected chi connectivity index (χ2v) is 7.82. The van der Waals surface area contributed by atoms with Crippen LogP contribution < -0.4 is 0 Å². The lowest BCUT2D eigenvalue weighted by molar-refractivity contribution is 0.112. The highest BCUT2D eigenvalue weighted by molar-refractivity contribution is 6.31. The number of aromatic nitrogens is 1. The van der Waals surface area contributed by atoms with E-state index in [4.69, 9.17) is 11.6 Å². The molecule has 0 radical (unpaired) electrons. The molecule has 1 aromatic heterocycles. The average molecular weight is 337 g/mol. The summed E-state index contributed by atoms with van der Waals surface area (Å²) >= 11 is 6.27. The molecule has 0 bridgehead atoms. The van der Waals surface area contributed by atoms with Gasteiger partial charge in [-0.3, -0.25) is 4.90 Å². The van der Waals surface area contributed by atoms with Crippen LogP contribution in [0.1, 0.15) is 34.9 Å². The molecule has 2 aliphatic rings. The van der Waals surface area contributed by atoms with Crippen molar-refractivity contribution in [1.29, 1.82) is 0 Å². The van der Waals surface area contributed by atoms with E-state index in [1.165, 1.54) is 38.9 Å². The van der Waals surface area contributed by atoms with E-state index in [2.05, 4.69) is 54.1 Å². The molecular weight excluding hydrogens is 316 g/mol. The average Bonchev–Trinajstić information content (AvgIpc) is 2.94. The molecular formula is C21H21ClN2. The van der Waals surface area contributed by atoms with Crippen molar-refractivity contribution in [1.82, 2.24) is 9.88 Å². The lowest BCUT2D eigenvalue weighted by Crippen LogP contribution is -2.53. The summed E-state index contributed by atoms with van der Waals surface area (Å²) in [4.78, 5) is 6.39. The molecule has 1 atom stereocenters. The van der Waals surface area contributed by atoms with Gasteiger partial charge in [0.2, 0.25) is 0 Å². The molecule has 0 spiro atoms. The lowest BCUT2D eigenvalue weighted by atomic mass is 9.75. The topological polar surface area (TPSA) is 19.0 Å². The van der Waals surface area contributed by atoms with Gasteiger partial charge in [0, 0.05) is 34.7 Å². The van der Waals surface area contributed by atoms with Crippen molar-refractivity contribution in [3.8, 4) is 0 Å². The molecule has 5 rings (SSSR count). The first kappa shape index (κ1) is 14.6. The molecule has 3 heteroatoms. The largest absolute Gasteiger partial charge is 0.356 e. The monoisotopic (exact) mass is 336 g/mol. The summed E-state index contributed by atoms with van der Waals surface area (Å²) in [5, 5.41) is 2.11. The Morgan fingerprint density at radius 3 is 2.79 bits per heavy atom. The number of H-pyrrole nitrogens is 1. The van der Waals surface area contributed by atoms with E-state index in [-0.39, 0.29) is 5.54 Å². The van der Waals surface area contributed by atoms with Gasteiger partial charge in [0.15, 0.2) is 0 Å². The molecule has 0 saturated carbocycles. The lowest BCUT2D eigenvalue weighted by Gasteiger charge is -2.49. The van der Waals surface area contributed by atoms with Crippen molar-refractivity contribution in [3.63, 3.8) is 0 Å². The van der Waals surface area contributed by atoms with Crippen LogP contribution in [0.4, 0.5) is 0 Å². The second kappa shape index (κ2) is 4.87. The highest BCUT2D eigenvalue weighted by Gasteiger charge is 2.45. The van der Waals surface area contributed by atoms with Crippen LogP contribution in [0.15, 0.2) is 36.4 Å². The maximum atomic E-state index is 6.27. The number of aryl methyl sites for hydroxylation is 1. The summed E-state index contributed by atoms with van der Waals surface area (Å²) in [5.74, 6) is 0. The Balaban J connectivity index is 1.83. The van der Waals surface area contributed by atoms with Gasteiger partial charge >= 0.3 is 0 Å².